The maximum absolute atomic E-state index is 12.7. The summed E-state index contributed by atoms with van der Waals surface area (Å²) in [6, 6.07) is 9.21. The molecule has 4 amide bonds. The number of benzene rings is 1. The van der Waals surface area contributed by atoms with Crippen LogP contribution >= 0.6 is 0 Å². The number of rotatable bonds is 6. The Hall–Kier alpha value is -2.77. The summed E-state index contributed by atoms with van der Waals surface area (Å²) in [6.45, 7) is 1.03. The molecular weight excluding hydrogens is 348 g/mol. The first kappa shape index (κ1) is 19.0. The van der Waals surface area contributed by atoms with E-state index >= 15 is 0 Å². The average Bonchev–Trinajstić information content (AvgIpc) is 2.94. The molecule has 2 heterocycles. The lowest BCUT2D eigenvalue weighted by molar-refractivity contribution is -0.137. The maximum atomic E-state index is 12.7. The molecule has 2 aliphatic heterocycles. The van der Waals surface area contributed by atoms with Crippen molar-refractivity contribution in [1.29, 1.82) is 0 Å². The van der Waals surface area contributed by atoms with Gasteiger partial charge in [0.1, 0.15) is 0 Å². The fraction of sp³-hybridized carbons (Fsp3) is 0.526. The van der Waals surface area contributed by atoms with Crippen LogP contribution in [0.25, 0.3) is 0 Å². The van der Waals surface area contributed by atoms with Crippen LogP contribution in [0.5, 0.6) is 0 Å². The Bertz CT molecular complexity index is 696. The molecule has 0 aromatic heterocycles. The molecule has 0 spiro atoms. The number of carboxylic acid groups (broad SMARTS) is 1. The fourth-order valence-electron chi connectivity index (χ4n) is 3.83. The number of amides is 4. The van der Waals surface area contributed by atoms with E-state index in [2.05, 4.69) is 10.6 Å². The molecule has 3 rings (SSSR count). The number of carboxylic acids is 1. The van der Waals surface area contributed by atoms with Crippen LogP contribution in [0, 0.1) is 0 Å². The first-order chi connectivity index (χ1) is 12.9. The zero-order valence-corrected chi connectivity index (χ0v) is 15.4. The summed E-state index contributed by atoms with van der Waals surface area (Å²) in [5, 5.41) is 14.9. The van der Waals surface area contributed by atoms with Gasteiger partial charge in [-0.3, -0.25) is 4.79 Å². The normalized spacial score (nSPS) is 22.8. The van der Waals surface area contributed by atoms with Crippen molar-refractivity contribution in [2.45, 2.75) is 43.8 Å². The topological polar surface area (TPSA) is 102 Å². The van der Waals surface area contributed by atoms with Gasteiger partial charge in [-0.1, -0.05) is 30.3 Å². The van der Waals surface area contributed by atoms with Gasteiger partial charge in [-0.2, -0.15) is 0 Å². The van der Waals surface area contributed by atoms with Crippen LogP contribution in [0.3, 0.4) is 0 Å². The van der Waals surface area contributed by atoms with E-state index in [1.54, 1.807) is 16.8 Å². The van der Waals surface area contributed by atoms with Crippen LogP contribution in [0.15, 0.2) is 30.3 Å². The summed E-state index contributed by atoms with van der Waals surface area (Å²) in [7, 11) is 1.78. The molecule has 3 atom stereocenters. The predicted molar refractivity (Wildman–Crippen MR) is 99.4 cm³/mol. The summed E-state index contributed by atoms with van der Waals surface area (Å²) in [5.74, 6) is -0.875. The summed E-state index contributed by atoms with van der Waals surface area (Å²) in [6.07, 6.45) is 1.68. The molecule has 3 N–H and O–H groups in total. The largest absolute Gasteiger partial charge is 0.481 e. The number of carbonyl (C=O) groups excluding carboxylic acids is 2. The molecule has 1 unspecified atom stereocenters. The smallest absolute Gasteiger partial charge is 0.317 e. The van der Waals surface area contributed by atoms with Crippen molar-refractivity contribution < 1.29 is 19.5 Å². The van der Waals surface area contributed by atoms with Crippen LogP contribution < -0.4 is 10.6 Å². The quantitative estimate of drug-likeness (QED) is 0.698. The lowest BCUT2D eigenvalue weighted by Crippen LogP contribution is -2.56. The Labute approximate surface area is 158 Å². The average molecular weight is 374 g/mol. The minimum atomic E-state index is -0.875. The monoisotopic (exact) mass is 374 g/mol. The van der Waals surface area contributed by atoms with Crippen molar-refractivity contribution in [2.24, 2.45) is 0 Å². The molecule has 0 aliphatic carbocycles. The van der Waals surface area contributed by atoms with Crippen LogP contribution in [-0.4, -0.2) is 71.2 Å². The Morgan fingerprint density at radius 1 is 1.33 bits per heavy atom. The molecule has 0 bridgehead atoms. The summed E-state index contributed by atoms with van der Waals surface area (Å²) in [5.41, 5.74) is 1.05. The van der Waals surface area contributed by atoms with Crippen molar-refractivity contribution in [2.75, 3.05) is 20.1 Å². The van der Waals surface area contributed by atoms with E-state index in [1.807, 2.05) is 30.3 Å². The van der Waals surface area contributed by atoms with Gasteiger partial charge >= 0.3 is 18.0 Å². The van der Waals surface area contributed by atoms with E-state index in [1.165, 1.54) is 0 Å². The van der Waals surface area contributed by atoms with Crippen molar-refractivity contribution in [3.8, 4) is 0 Å². The number of hydrogen-bond acceptors (Lipinski definition) is 3. The first-order valence-corrected chi connectivity index (χ1v) is 9.28. The van der Waals surface area contributed by atoms with Gasteiger partial charge in [-0.05, 0) is 24.8 Å². The molecule has 8 heteroatoms. The number of hydrogen-bond donors (Lipinski definition) is 3. The number of fused-ring (bicyclic) bond motifs is 1. The Kier molecular flexibility index (Phi) is 5.83. The van der Waals surface area contributed by atoms with E-state index in [-0.39, 0.29) is 36.6 Å². The van der Waals surface area contributed by atoms with Gasteiger partial charge in [0.15, 0.2) is 0 Å². The number of likely N-dealkylation sites (N-methyl/N-ethyl adjacent to an activating group) is 1. The molecule has 2 saturated heterocycles. The Morgan fingerprint density at radius 2 is 2.07 bits per heavy atom. The van der Waals surface area contributed by atoms with E-state index in [0.717, 1.165) is 12.0 Å². The number of aliphatic carboxylic acids is 1. The van der Waals surface area contributed by atoms with Crippen LogP contribution in [0.1, 0.15) is 24.8 Å². The molecule has 146 valence electrons. The number of piperidine rings is 1. The van der Waals surface area contributed by atoms with Gasteiger partial charge in [0, 0.05) is 32.6 Å². The molecular formula is C19H26N4O4. The summed E-state index contributed by atoms with van der Waals surface area (Å²) >= 11 is 0. The second-order valence-electron chi connectivity index (χ2n) is 7.24. The molecule has 1 aromatic carbocycles. The van der Waals surface area contributed by atoms with Gasteiger partial charge in [-0.25, -0.2) is 9.59 Å². The first-order valence-electron chi connectivity index (χ1n) is 9.28. The van der Waals surface area contributed by atoms with Gasteiger partial charge < -0.3 is 25.5 Å². The fourth-order valence-corrected chi connectivity index (χ4v) is 3.83. The van der Waals surface area contributed by atoms with E-state index in [0.29, 0.717) is 25.9 Å². The molecule has 2 fully saturated rings. The van der Waals surface area contributed by atoms with Crippen molar-refractivity contribution in [3.05, 3.63) is 35.9 Å². The van der Waals surface area contributed by atoms with Crippen molar-refractivity contribution >= 4 is 18.0 Å². The van der Waals surface area contributed by atoms with Crippen LogP contribution in [-0.2, 0) is 11.2 Å². The number of carbonyl (C=O) groups is 3. The summed E-state index contributed by atoms with van der Waals surface area (Å²) < 4.78 is 0. The highest BCUT2D eigenvalue weighted by molar-refractivity contribution is 5.79. The minimum Gasteiger partial charge on any atom is -0.481 e. The lowest BCUT2D eigenvalue weighted by atomic mass is 10.00. The summed E-state index contributed by atoms with van der Waals surface area (Å²) in [4.78, 5) is 38.9. The zero-order chi connectivity index (χ0) is 19.4. The molecule has 2 aliphatic rings. The third-order valence-electron chi connectivity index (χ3n) is 5.35. The van der Waals surface area contributed by atoms with Crippen LogP contribution in [0.2, 0.25) is 0 Å². The molecule has 0 saturated carbocycles. The SMILES string of the molecule is CN1C(=O)N[C@@H]2CN(C(=O)NC(CCC(=O)O)Cc3ccccc3)CC[C@@H]21. The third-order valence-corrected chi connectivity index (χ3v) is 5.35. The van der Waals surface area contributed by atoms with E-state index in [9.17, 15) is 14.4 Å². The van der Waals surface area contributed by atoms with Gasteiger partial charge in [-0.15, -0.1) is 0 Å². The highest BCUT2D eigenvalue weighted by Gasteiger charge is 2.41. The number of nitrogens with zero attached hydrogens (tertiary/aromatic N) is 2. The van der Waals surface area contributed by atoms with Crippen molar-refractivity contribution in [1.82, 2.24) is 20.4 Å². The molecule has 8 nitrogen and oxygen atoms in total. The molecule has 1 aromatic rings. The van der Waals surface area contributed by atoms with E-state index < -0.39 is 5.97 Å². The van der Waals surface area contributed by atoms with Crippen LogP contribution in [0.4, 0.5) is 9.59 Å². The predicted octanol–water partition coefficient (Wildman–Crippen LogP) is 1.27. The highest BCUT2D eigenvalue weighted by atomic mass is 16.4. The zero-order valence-electron chi connectivity index (χ0n) is 15.4. The second-order valence-corrected chi connectivity index (χ2v) is 7.24. The standard InChI is InChI=1S/C19H26N4O4/c1-22-16-9-10-23(12-15(16)21-18(22)26)19(27)20-14(7-8-17(24)25)11-13-5-3-2-4-6-13/h2-6,14-16H,7-12H2,1H3,(H,20,27)(H,21,26)(H,24,25)/t14?,15-,16+/m1/s1. The number of nitrogens with one attached hydrogen (secondary N) is 2. The van der Waals surface area contributed by atoms with Gasteiger partial charge in [0.25, 0.3) is 0 Å². The van der Waals surface area contributed by atoms with Gasteiger partial charge in [0.05, 0.1) is 12.1 Å². The minimum absolute atomic E-state index is 0.00330. The molecule has 0 radical (unpaired) electrons. The van der Waals surface area contributed by atoms with E-state index in [4.69, 9.17) is 5.11 Å². The molecule has 27 heavy (non-hydrogen) atoms. The number of urea groups is 2. The Balaban J connectivity index is 1.60. The second kappa shape index (κ2) is 8.28. The van der Waals surface area contributed by atoms with Crippen molar-refractivity contribution in [3.63, 3.8) is 0 Å². The highest BCUT2D eigenvalue weighted by Crippen LogP contribution is 2.21. The lowest BCUT2D eigenvalue weighted by Gasteiger charge is -2.36. The third kappa shape index (κ3) is 4.69. The Morgan fingerprint density at radius 3 is 2.78 bits per heavy atom. The maximum Gasteiger partial charge on any atom is 0.317 e. The number of likely N-dealkylation sites (tertiary alicyclic amines) is 1. The van der Waals surface area contributed by atoms with Gasteiger partial charge in [0.2, 0.25) is 0 Å².